The van der Waals surface area contributed by atoms with Crippen molar-refractivity contribution in [1.82, 2.24) is 10.2 Å². The van der Waals surface area contributed by atoms with E-state index in [1.54, 1.807) is 7.11 Å². The van der Waals surface area contributed by atoms with Crippen molar-refractivity contribution in [3.63, 3.8) is 0 Å². The second-order valence-electron chi connectivity index (χ2n) is 4.73. The molecule has 0 aromatic heterocycles. The molecule has 1 aromatic carbocycles. The molecule has 0 saturated heterocycles. The van der Waals surface area contributed by atoms with Gasteiger partial charge in [-0.3, -0.25) is 4.79 Å². The topological polar surface area (TPSA) is 41.6 Å². The van der Waals surface area contributed by atoms with E-state index >= 15 is 0 Å². The van der Waals surface area contributed by atoms with E-state index in [4.69, 9.17) is 17.0 Å². The summed E-state index contributed by atoms with van der Waals surface area (Å²) < 4.78 is 6.05. The molecular formula is C16H24N2O2S2. The Morgan fingerprint density at radius 3 is 2.59 bits per heavy atom. The minimum Gasteiger partial charge on any atom is -0.496 e. The van der Waals surface area contributed by atoms with E-state index in [0.717, 1.165) is 28.7 Å². The third-order valence-electron chi connectivity index (χ3n) is 3.31. The number of para-hydroxylation sites is 1. The zero-order valence-corrected chi connectivity index (χ0v) is 15.2. The van der Waals surface area contributed by atoms with Crippen molar-refractivity contribution in [1.29, 1.82) is 0 Å². The van der Waals surface area contributed by atoms with Crippen molar-refractivity contribution in [2.75, 3.05) is 20.2 Å². The van der Waals surface area contributed by atoms with E-state index in [-0.39, 0.29) is 11.2 Å². The van der Waals surface area contributed by atoms with Crippen LogP contribution in [0.1, 0.15) is 26.3 Å². The average molecular weight is 341 g/mol. The van der Waals surface area contributed by atoms with Crippen LogP contribution in [0.5, 0.6) is 5.75 Å². The van der Waals surface area contributed by atoms with Crippen LogP contribution in [0.3, 0.4) is 0 Å². The van der Waals surface area contributed by atoms with Crippen LogP contribution in [0.15, 0.2) is 24.3 Å². The van der Waals surface area contributed by atoms with Gasteiger partial charge in [0.25, 0.3) is 0 Å². The highest BCUT2D eigenvalue weighted by Crippen LogP contribution is 2.19. The van der Waals surface area contributed by atoms with Crippen LogP contribution in [0, 0.1) is 0 Å². The highest BCUT2D eigenvalue weighted by Gasteiger charge is 2.18. The lowest BCUT2D eigenvalue weighted by atomic mass is 10.2. The summed E-state index contributed by atoms with van der Waals surface area (Å²) in [6, 6.07) is 7.66. The lowest BCUT2D eigenvalue weighted by Gasteiger charge is -2.23. The number of thioether (sulfide) groups is 1. The first kappa shape index (κ1) is 18.8. The number of thiocarbonyl (C=S) groups is 1. The van der Waals surface area contributed by atoms with Crippen molar-refractivity contribution in [2.24, 2.45) is 0 Å². The van der Waals surface area contributed by atoms with Crippen LogP contribution in [0.2, 0.25) is 0 Å². The van der Waals surface area contributed by atoms with E-state index in [1.807, 2.05) is 31.2 Å². The smallest absolute Gasteiger partial charge is 0.233 e. The molecule has 0 radical (unpaired) electrons. The number of carbonyl (C=O) groups is 1. The van der Waals surface area contributed by atoms with Crippen LogP contribution in [0.4, 0.5) is 0 Å². The fourth-order valence-electron chi connectivity index (χ4n) is 1.94. The Balaban J connectivity index is 2.52. The fraction of sp³-hybridized carbons (Fsp3) is 0.500. The molecule has 1 N–H and O–H groups in total. The number of ether oxygens (including phenoxy) is 1. The van der Waals surface area contributed by atoms with E-state index < -0.39 is 0 Å². The van der Waals surface area contributed by atoms with Gasteiger partial charge < -0.3 is 15.0 Å². The summed E-state index contributed by atoms with van der Waals surface area (Å²) in [7, 11) is 1.63. The quantitative estimate of drug-likeness (QED) is 0.773. The first-order chi connectivity index (χ1) is 10.5. The van der Waals surface area contributed by atoms with Crippen molar-refractivity contribution < 1.29 is 9.53 Å². The third-order valence-corrected chi connectivity index (χ3v) is 4.89. The van der Waals surface area contributed by atoms with Crippen LogP contribution in [0.25, 0.3) is 0 Å². The molecule has 1 rings (SSSR count). The molecule has 0 aliphatic rings. The Bertz CT molecular complexity index is 505. The Labute approximate surface area is 142 Å². The van der Waals surface area contributed by atoms with Gasteiger partial charge in [0.15, 0.2) is 0 Å². The predicted molar refractivity (Wildman–Crippen MR) is 97.4 cm³/mol. The summed E-state index contributed by atoms with van der Waals surface area (Å²) in [5.74, 6) is 0.757. The summed E-state index contributed by atoms with van der Waals surface area (Å²) in [5.41, 5.74) is 0.960. The number of nitrogens with one attached hydrogen (secondary N) is 1. The molecule has 0 spiro atoms. The van der Waals surface area contributed by atoms with Gasteiger partial charge in [-0.25, -0.2) is 0 Å². The lowest BCUT2D eigenvalue weighted by Crippen LogP contribution is -2.34. The van der Waals surface area contributed by atoms with Crippen molar-refractivity contribution >= 4 is 34.2 Å². The molecule has 122 valence electrons. The molecule has 0 fully saturated rings. The van der Waals surface area contributed by atoms with Gasteiger partial charge >= 0.3 is 0 Å². The molecule has 0 aliphatic heterocycles. The van der Waals surface area contributed by atoms with Crippen molar-refractivity contribution in [3.05, 3.63) is 29.8 Å². The zero-order valence-electron chi connectivity index (χ0n) is 13.6. The zero-order chi connectivity index (χ0) is 16.5. The standard InChI is InChI=1S/C16H24N2O2S2/c1-5-18(6-2)16(21)22-12(3)15(19)17-11-13-9-7-8-10-14(13)20-4/h7-10,12H,5-6,11H2,1-4H3,(H,17,19)/t12-/m1/s1. The number of nitrogens with zero attached hydrogens (tertiary/aromatic N) is 1. The number of hydrogen-bond donors (Lipinski definition) is 1. The summed E-state index contributed by atoms with van der Waals surface area (Å²) in [6.45, 7) is 8.16. The molecular weight excluding hydrogens is 316 g/mol. The maximum absolute atomic E-state index is 12.2. The van der Waals surface area contributed by atoms with Gasteiger partial charge in [-0.05, 0) is 26.8 Å². The van der Waals surface area contributed by atoms with Gasteiger partial charge in [-0.15, -0.1) is 0 Å². The first-order valence-electron chi connectivity index (χ1n) is 7.38. The van der Waals surface area contributed by atoms with Crippen LogP contribution in [-0.2, 0) is 11.3 Å². The Kier molecular flexibility index (Phi) is 8.27. The monoisotopic (exact) mass is 340 g/mol. The van der Waals surface area contributed by atoms with Gasteiger partial charge in [0.05, 0.1) is 12.4 Å². The summed E-state index contributed by atoms with van der Waals surface area (Å²) in [5, 5.41) is 2.72. The molecule has 0 saturated carbocycles. The molecule has 22 heavy (non-hydrogen) atoms. The molecule has 0 bridgehead atoms. The van der Waals surface area contributed by atoms with Crippen LogP contribution in [-0.4, -0.2) is 40.6 Å². The highest BCUT2D eigenvalue weighted by molar-refractivity contribution is 8.23. The van der Waals surface area contributed by atoms with Crippen molar-refractivity contribution in [2.45, 2.75) is 32.6 Å². The normalized spacial score (nSPS) is 11.6. The van der Waals surface area contributed by atoms with Gasteiger partial charge in [0.2, 0.25) is 5.91 Å². The molecule has 1 amide bonds. The van der Waals surface area contributed by atoms with E-state index in [2.05, 4.69) is 24.1 Å². The average Bonchev–Trinajstić information content (AvgIpc) is 2.53. The first-order valence-corrected chi connectivity index (χ1v) is 8.67. The number of benzene rings is 1. The fourth-order valence-corrected chi connectivity index (χ4v) is 3.53. The molecule has 0 heterocycles. The van der Waals surface area contributed by atoms with E-state index in [9.17, 15) is 4.79 Å². The number of rotatable bonds is 7. The maximum atomic E-state index is 12.2. The van der Waals surface area contributed by atoms with Gasteiger partial charge in [-0.2, -0.15) is 0 Å². The molecule has 4 nitrogen and oxygen atoms in total. The second kappa shape index (κ2) is 9.69. The molecule has 6 heteroatoms. The Hall–Kier alpha value is -1.27. The minimum absolute atomic E-state index is 0.0228. The molecule has 0 aliphatic carbocycles. The second-order valence-corrected chi connectivity index (χ2v) is 6.70. The SMILES string of the molecule is CCN(CC)C(=S)S[C@H](C)C(=O)NCc1ccccc1OC. The lowest BCUT2D eigenvalue weighted by molar-refractivity contribution is -0.120. The van der Waals surface area contributed by atoms with E-state index in [0.29, 0.717) is 6.54 Å². The Morgan fingerprint density at radius 2 is 2.00 bits per heavy atom. The van der Waals surface area contributed by atoms with Crippen molar-refractivity contribution in [3.8, 4) is 5.75 Å². The van der Waals surface area contributed by atoms with Gasteiger partial charge in [0, 0.05) is 25.2 Å². The molecule has 0 unspecified atom stereocenters. The summed E-state index contributed by atoms with van der Waals surface area (Å²) in [4.78, 5) is 14.3. The summed E-state index contributed by atoms with van der Waals surface area (Å²) in [6.07, 6.45) is 0. The van der Waals surface area contributed by atoms with Gasteiger partial charge in [0.1, 0.15) is 10.1 Å². The molecule has 1 atom stereocenters. The number of methoxy groups -OCH3 is 1. The largest absolute Gasteiger partial charge is 0.496 e. The third kappa shape index (κ3) is 5.50. The predicted octanol–water partition coefficient (Wildman–Crippen LogP) is 3.06. The summed E-state index contributed by atoms with van der Waals surface area (Å²) >= 11 is 6.80. The van der Waals surface area contributed by atoms with Gasteiger partial charge in [-0.1, -0.05) is 42.2 Å². The number of carbonyl (C=O) groups excluding carboxylic acids is 1. The van der Waals surface area contributed by atoms with E-state index in [1.165, 1.54) is 11.8 Å². The number of hydrogen-bond acceptors (Lipinski definition) is 4. The van der Waals surface area contributed by atoms with Crippen LogP contribution >= 0.6 is 24.0 Å². The van der Waals surface area contributed by atoms with Crippen LogP contribution < -0.4 is 10.1 Å². The molecule has 1 aromatic rings. The minimum atomic E-state index is -0.220. The number of amides is 1. The maximum Gasteiger partial charge on any atom is 0.233 e. The highest BCUT2D eigenvalue weighted by atomic mass is 32.2. The Morgan fingerprint density at radius 1 is 1.36 bits per heavy atom.